The first-order valence-corrected chi connectivity index (χ1v) is 5.70. The monoisotopic (exact) mass is 256 g/mol. The lowest BCUT2D eigenvalue weighted by molar-refractivity contribution is 1.05. The van der Waals surface area contributed by atoms with Gasteiger partial charge < -0.3 is 0 Å². The van der Waals surface area contributed by atoms with E-state index in [0.29, 0.717) is 0 Å². The number of rotatable bonds is 0. The van der Waals surface area contributed by atoms with Crippen LogP contribution in [-0.4, -0.2) is 20.4 Å². The number of aromatic amines is 2. The van der Waals surface area contributed by atoms with Crippen LogP contribution in [0.15, 0.2) is 24.7 Å². The highest BCUT2D eigenvalue weighted by atomic mass is 15.1. The fraction of sp³-hybridized carbons (Fsp3) is 0.571. The van der Waals surface area contributed by atoms with Crippen LogP contribution in [0.5, 0.6) is 0 Å². The maximum atomic E-state index is 3.70. The van der Waals surface area contributed by atoms with Crippen LogP contribution in [0.4, 0.5) is 0 Å². The quantitative estimate of drug-likeness (QED) is 0.714. The zero-order valence-corrected chi connectivity index (χ0v) is 11.2. The fourth-order valence-corrected chi connectivity index (χ4v) is 0.641. The van der Waals surface area contributed by atoms with Crippen molar-refractivity contribution in [2.45, 2.75) is 56.4 Å². The predicted molar refractivity (Wildman–Crippen MR) is 82.8 cm³/mol. The van der Waals surface area contributed by atoms with E-state index in [1.54, 1.807) is 12.4 Å². The number of hydrogen-bond donors (Lipinski definition) is 2. The van der Waals surface area contributed by atoms with E-state index in [-0.39, 0.29) is 14.9 Å². The van der Waals surface area contributed by atoms with Crippen LogP contribution < -0.4 is 0 Å². The molecule has 4 nitrogen and oxygen atoms in total. The average Bonchev–Trinajstić information content (AvgIpc) is 2.98. The summed E-state index contributed by atoms with van der Waals surface area (Å²) < 4.78 is 0. The highest BCUT2D eigenvalue weighted by Gasteiger charge is 1.74. The van der Waals surface area contributed by atoms with Crippen molar-refractivity contribution in [1.82, 2.24) is 20.4 Å². The molecule has 0 aromatic carbocycles. The Hall–Kier alpha value is -1.58. The lowest BCUT2D eigenvalue weighted by Gasteiger charge is -1.68. The molecule has 2 heterocycles. The Morgan fingerprint density at radius 2 is 1.50 bits per heavy atom. The maximum Gasteiger partial charge on any atom is 0.0516 e. The van der Waals surface area contributed by atoms with Gasteiger partial charge in [-0.05, 0) is 25.5 Å². The molecule has 0 radical (unpaired) electrons. The molecule has 2 rings (SSSR count). The number of nitrogens with one attached hydrogen (secondary N) is 2. The van der Waals surface area contributed by atoms with Gasteiger partial charge in [-0.1, -0.05) is 42.5 Å². The Morgan fingerprint density at radius 1 is 0.944 bits per heavy atom. The van der Waals surface area contributed by atoms with E-state index in [4.69, 9.17) is 0 Å². The van der Waals surface area contributed by atoms with Gasteiger partial charge in [-0.2, -0.15) is 10.2 Å². The summed E-state index contributed by atoms with van der Waals surface area (Å²) in [5.41, 5.74) is 2.28. The molecule has 0 aliphatic rings. The molecule has 2 N–H and O–H groups in total. The largest absolute Gasteiger partial charge is 0.285 e. The van der Waals surface area contributed by atoms with Crippen LogP contribution in [0.3, 0.4) is 0 Å². The first-order chi connectivity index (χ1) is 7.79. The molecule has 2 aromatic rings. The summed E-state index contributed by atoms with van der Waals surface area (Å²) in [6.45, 7) is 12.0. The number of nitrogens with zero attached hydrogens (tertiary/aromatic N) is 2. The molecule has 18 heavy (non-hydrogen) atoms. The molecule has 2 aromatic heterocycles. The van der Waals surface area contributed by atoms with Crippen molar-refractivity contribution in [2.24, 2.45) is 0 Å². The van der Waals surface area contributed by atoms with Gasteiger partial charge in [0.15, 0.2) is 0 Å². The van der Waals surface area contributed by atoms with Crippen molar-refractivity contribution >= 4 is 0 Å². The second-order valence-corrected chi connectivity index (χ2v) is 2.52. The summed E-state index contributed by atoms with van der Waals surface area (Å²) in [6.07, 6.45) is 5.36. The Kier molecular flexibility index (Phi) is 29.2. The molecular formula is C14H32N4. The first-order valence-electron chi connectivity index (χ1n) is 5.70. The molecule has 0 amide bonds. The van der Waals surface area contributed by atoms with Crippen molar-refractivity contribution in [3.05, 3.63) is 35.9 Å². The molecule has 108 valence electrons. The summed E-state index contributed by atoms with van der Waals surface area (Å²) >= 11 is 0. The van der Waals surface area contributed by atoms with Crippen LogP contribution in [0, 0.1) is 13.8 Å². The van der Waals surface area contributed by atoms with Crippen LogP contribution in [0.1, 0.15) is 53.8 Å². The third kappa shape index (κ3) is 16.8. The molecule has 0 spiro atoms. The topological polar surface area (TPSA) is 57.4 Å². The number of aromatic nitrogens is 4. The Labute approximate surface area is 113 Å². The predicted octanol–water partition coefficient (Wildman–Crippen LogP) is 4.76. The zero-order valence-electron chi connectivity index (χ0n) is 11.2. The molecule has 0 saturated carbocycles. The fourth-order valence-electron chi connectivity index (χ4n) is 0.641. The second-order valence-electron chi connectivity index (χ2n) is 2.52. The highest BCUT2D eigenvalue weighted by Crippen LogP contribution is 1.84. The molecule has 0 unspecified atom stereocenters. The SMILES string of the molecule is C.C.CC.CC.Cc1ccn[nH]1.Cc1cn[nH]c1. The van der Waals surface area contributed by atoms with Crippen LogP contribution >= 0.6 is 0 Å². The van der Waals surface area contributed by atoms with Gasteiger partial charge in [0.05, 0.1) is 6.20 Å². The van der Waals surface area contributed by atoms with Gasteiger partial charge in [-0.15, -0.1) is 0 Å². The lowest BCUT2D eigenvalue weighted by atomic mass is 10.4. The van der Waals surface area contributed by atoms with Crippen LogP contribution in [0.25, 0.3) is 0 Å². The number of aryl methyl sites for hydroxylation is 2. The normalized spacial score (nSPS) is 6.56. The minimum atomic E-state index is 0. The number of H-pyrrole nitrogens is 2. The second kappa shape index (κ2) is 20.8. The van der Waals surface area contributed by atoms with Gasteiger partial charge in [-0.25, -0.2) is 0 Å². The van der Waals surface area contributed by atoms with Crippen molar-refractivity contribution in [3.63, 3.8) is 0 Å². The maximum absolute atomic E-state index is 3.70. The van der Waals surface area contributed by atoms with E-state index in [0.717, 1.165) is 5.69 Å². The van der Waals surface area contributed by atoms with Crippen LogP contribution in [0.2, 0.25) is 0 Å². The van der Waals surface area contributed by atoms with E-state index in [2.05, 4.69) is 20.4 Å². The molecular weight excluding hydrogens is 224 g/mol. The minimum Gasteiger partial charge on any atom is -0.285 e. The highest BCUT2D eigenvalue weighted by molar-refractivity contribution is 4.96. The van der Waals surface area contributed by atoms with E-state index in [1.165, 1.54) is 5.56 Å². The third-order valence-corrected chi connectivity index (χ3v) is 1.27. The molecule has 0 aliphatic heterocycles. The van der Waals surface area contributed by atoms with E-state index >= 15 is 0 Å². The van der Waals surface area contributed by atoms with Crippen molar-refractivity contribution < 1.29 is 0 Å². The molecule has 0 bridgehead atoms. The van der Waals surface area contributed by atoms with Gasteiger partial charge in [0.1, 0.15) is 0 Å². The zero-order chi connectivity index (χ0) is 12.8. The van der Waals surface area contributed by atoms with Crippen molar-refractivity contribution in [1.29, 1.82) is 0 Å². The smallest absolute Gasteiger partial charge is 0.0516 e. The molecule has 4 heteroatoms. The minimum absolute atomic E-state index is 0. The van der Waals surface area contributed by atoms with Crippen LogP contribution in [-0.2, 0) is 0 Å². The summed E-state index contributed by atoms with van der Waals surface area (Å²) in [5, 5.41) is 12.8. The summed E-state index contributed by atoms with van der Waals surface area (Å²) in [5.74, 6) is 0. The lowest BCUT2D eigenvalue weighted by Crippen LogP contribution is -1.65. The van der Waals surface area contributed by atoms with Crippen molar-refractivity contribution in [3.8, 4) is 0 Å². The molecule has 0 aliphatic carbocycles. The average molecular weight is 256 g/mol. The van der Waals surface area contributed by atoms with Gasteiger partial charge in [-0.3, -0.25) is 10.2 Å². The summed E-state index contributed by atoms with van der Waals surface area (Å²) in [6, 6.07) is 1.92. The summed E-state index contributed by atoms with van der Waals surface area (Å²) in [4.78, 5) is 0. The third-order valence-electron chi connectivity index (χ3n) is 1.27. The van der Waals surface area contributed by atoms with Gasteiger partial charge >= 0.3 is 0 Å². The standard InChI is InChI=1S/2C4H6N2.2C2H6.2CH4/c1-4-2-5-6-3-4;1-4-2-3-5-6-4;2*1-2;;/h2*2-3H,1H3,(H,5,6);2*1-2H3;2*1H4. The van der Waals surface area contributed by atoms with E-state index < -0.39 is 0 Å². The molecule has 0 fully saturated rings. The van der Waals surface area contributed by atoms with Gasteiger partial charge in [0, 0.05) is 18.1 Å². The van der Waals surface area contributed by atoms with Gasteiger partial charge in [0.2, 0.25) is 0 Å². The Morgan fingerprint density at radius 3 is 1.61 bits per heavy atom. The summed E-state index contributed by atoms with van der Waals surface area (Å²) in [7, 11) is 0. The Balaban J connectivity index is -0.0000000787. The van der Waals surface area contributed by atoms with E-state index in [9.17, 15) is 0 Å². The molecule has 0 atom stereocenters. The Bertz CT molecular complexity index is 253. The van der Waals surface area contributed by atoms with Gasteiger partial charge in [0.25, 0.3) is 0 Å². The first kappa shape index (κ1) is 25.3. The van der Waals surface area contributed by atoms with Crippen molar-refractivity contribution in [2.75, 3.05) is 0 Å². The van der Waals surface area contributed by atoms with E-state index in [1.807, 2.05) is 53.8 Å². The number of hydrogen-bond acceptors (Lipinski definition) is 2. The molecule has 0 saturated heterocycles.